The third kappa shape index (κ3) is 3.95. The first-order valence-electron chi connectivity index (χ1n) is 13.4. The summed E-state index contributed by atoms with van der Waals surface area (Å²) in [4.78, 5) is 48.1. The van der Waals surface area contributed by atoms with Gasteiger partial charge in [-0.2, -0.15) is 0 Å². The normalized spacial score (nSPS) is 32.8. The van der Waals surface area contributed by atoms with Gasteiger partial charge in [0.05, 0.1) is 29.2 Å². The third-order valence-electron chi connectivity index (χ3n) is 8.66. The maximum Gasteiger partial charge on any atom is 0.247 e. The Morgan fingerprint density at radius 2 is 1.76 bits per heavy atom. The molecule has 2 fully saturated rings. The molecule has 4 heterocycles. The van der Waals surface area contributed by atoms with Crippen LogP contribution in [0.4, 0.5) is 5.69 Å². The molecule has 0 radical (unpaired) electrons. The highest BCUT2D eigenvalue weighted by molar-refractivity contribution is 8.02. The summed E-state index contributed by atoms with van der Waals surface area (Å²) in [6.07, 6.45) is 8.87. The molecule has 0 bridgehead atoms. The second kappa shape index (κ2) is 9.95. The summed E-state index contributed by atoms with van der Waals surface area (Å²) in [5.74, 6) is -1.65. The summed E-state index contributed by atoms with van der Waals surface area (Å²) in [7, 11) is 0. The Morgan fingerprint density at radius 3 is 2.41 bits per heavy atom. The summed E-state index contributed by atoms with van der Waals surface area (Å²) in [5.41, 5.74) is 0.800. The zero-order valence-corrected chi connectivity index (χ0v) is 22.8. The first kappa shape index (κ1) is 26.0. The van der Waals surface area contributed by atoms with Gasteiger partial charge in [0.1, 0.15) is 6.04 Å². The van der Waals surface area contributed by atoms with Crippen molar-refractivity contribution >= 4 is 35.2 Å². The Hall–Kier alpha value is -2.58. The Kier molecular flexibility index (Phi) is 7.00. The van der Waals surface area contributed by atoms with Gasteiger partial charge in [-0.25, -0.2) is 0 Å². The van der Waals surface area contributed by atoms with Crippen molar-refractivity contribution in [3.63, 3.8) is 0 Å². The molecule has 8 heteroatoms. The van der Waals surface area contributed by atoms with Crippen LogP contribution in [0.15, 0.2) is 54.6 Å². The SMILES string of the molecule is CC[C@H](C)[C@H](CO)N1C(=O)[C@@H]2[C@@H]3C(=O)N(c4ccccc4)CC=C[C@@H]3S[C@@]23C=CCN(C(C)C)C(=O)C13. The van der Waals surface area contributed by atoms with Gasteiger partial charge in [-0.15, -0.1) is 11.8 Å². The summed E-state index contributed by atoms with van der Waals surface area (Å²) >= 11 is 1.58. The third-order valence-corrected chi connectivity index (χ3v) is 10.4. The van der Waals surface area contributed by atoms with Gasteiger partial charge in [0.2, 0.25) is 17.7 Å². The zero-order chi connectivity index (χ0) is 26.5. The van der Waals surface area contributed by atoms with Crippen molar-refractivity contribution in [3.8, 4) is 0 Å². The van der Waals surface area contributed by atoms with E-state index < -0.39 is 28.7 Å². The number of hydrogen-bond acceptors (Lipinski definition) is 5. The van der Waals surface area contributed by atoms with Crippen molar-refractivity contribution in [1.82, 2.24) is 9.80 Å². The summed E-state index contributed by atoms with van der Waals surface area (Å²) < 4.78 is -0.867. The van der Waals surface area contributed by atoms with E-state index in [1.165, 1.54) is 0 Å². The van der Waals surface area contributed by atoms with E-state index in [-0.39, 0.29) is 41.5 Å². The fourth-order valence-corrected chi connectivity index (χ4v) is 8.56. The van der Waals surface area contributed by atoms with Crippen LogP contribution in [-0.2, 0) is 14.4 Å². The number of amides is 3. The van der Waals surface area contributed by atoms with Crippen molar-refractivity contribution < 1.29 is 19.5 Å². The molecule has 1 aromatic rings. The number of fused-ring (bicyclic) bond motifs is 2. The molecule has 2 saturated heterocycles. The van der Waals surface area contributed by atoms with Gasteiger partial charge in [0.25, 0.3) is 0 Å². The smallest absolute Gasteiger partial charge is 0.247 e. The van der Waals surface area contributed by atoms with Crippen LogP contribution in [0.25, 0.3) is 0 Å². The lowest BCUT2D eigenvalue weighted by Crippen LogP contribution is -2.58. The van der Waals surface area contributed by atoms with Crippen LogP contribution in [0, 0.1) is 17.8 Å². The van der Waals surface area contributed by atoms with E-state index in [0.29, 0.717) is 13.1 Å². The number of nitrogens with zero attached hydrogens (tertiary/aromatic N) is 3. The molecule has 7 nitrogen and oxygen atoms in total. The van der Waals surface area contributed by atoms with E-state index in [4.69, 9.17) is 0 Å². The molecule has 3 amide bonds. The minimum Gasteiger partial charge on any atom is -0.394 e. The Labute approximate surface area is 223 Å². The molecule has 0 aliphatic carbocycles. The van der Waals surface area contributed by atoms with Gasteiger partial charge in [-0.3, -0.25) is 14.4 Å². The van der Waals surface area contributed by atoms with E-state index >= 15 is 0 Å². The molecule has 1 unspecified atom stereocenters. The number of anilines is 1. The minimum atomic E-state index is -0.867. The van der Waals surface area contributed by atoms with Crippen molar-refractivity contribution in [2.45, 2.75) is 62.2 Å². The molecule has 1 N–H and O–H groups in total. The van der Waals surface area contributed by atoms with Crippen LogP contribution in [0.3, 0.4) is 0 Å². The standard InChI is InChI=1S/C29H37N3O4S/c1-5-19(4)21(17-33)32-25-28(36)30(18(2)3)16-10-14-29(25)24(27(32)35)23-22(37-29)13-9-15-31(26(23)34)20-11-7-6-8-12-20/h6-14,18-19,21-25,33H,5,15-17H2,1-4H3/t19-,21-,22-,23+,24-,25?,29-/m0/s1. The molecule has 0 aromatic heterocycles. The molecular weight excluding hydrogens is 486 g/mol. The number of likely N-dealkylation sites (tertiary alicyclic amines) is 1. The van der Waals surface area contributed by atoms with E-state index in [2.05, 4.69) is 6.08 Å². The van der Waals surface area contributed by atoms with Crippen molar-refractivity contribution in [2.24, 2.45) is 17.8 Å². The zero-order valence-electron chi connectivity index (χ0n) is 22.0. The predicted molar refractivity (Wildman–Crippen MR) is 146 cm³/mol. The highest BCUT2D eigenvalue weighted by Gasteiger charge is 2.72. The van der Waals surface area contributed by atoms with Crippen LogP contribution in [0.2, 0.25) is 0 Å². The molecule has 7 atom stereocenters. The van der Waals surface area contributed by atoms with Crippen LogP contribution >= 0.6 is 11.8 Å². The van der Waals surface area contributed by atoms with Crippen molar-refractivity contribution in [2.75, 3.05) is 24.6 Å². The molecule has 5 rings (SSSR count). The van der Waals surface area contributed by atoms with Crippen LogP contribution in [0.1, 0.15) is 34.1 Å². The molecule has 198 valence electrons. The average Bonchev–Trinajstić information content (AvgIpc) is 3.20. The maximum atomic E-state index is 14.5. The summed E-state index contributed by atoms with van der Waals surface area (Å²) in [5, 5.41) is 10.3. The number of aliphatic hydroxyl groups is 1. The second-order valence-corrected chi connectivity index (χ2v) is 12.4. The van der Waals surface area contributed by atoms with Crippen LogP contribution < -0.4 is 4.90 Å². The average molecular weight is 524 g/mol. The number of benzene rings is 1. The molecule has 1 aromatic carbocycles. The monoisotopic (exact) mass is 523 g/mol. The first-order valence-corrected chi connectivity index (χ1v) is 14.3. The number of aliphatic hydroxyl groups excluding tert-OH is 1. The van der Waals surface area contributed by atoms with Crippen LogP contribution in [0.5, 0.6) is 0 Å². The lowest BCUT2D eigenvalue weighted by molar-refractivity contribution is -0.147. The van der Waals surface area contributed by atoms with Gasteiger partial charge < -0.3 is 19.8 Å². The number of carbonyl (C=O) groups excluding carboxylic acids is 3. The summed E-state index contributed by atoms with van der Waals surface area (Å²) in [6, 6.07) is 8.26. The number of rotatable bonds is 6. The largest absolute Gasteiger partial charge is 0.394 e. The van der Waals surface area contributed by atoms with E-state index in [1.807, 2.05) is 81.2 Å². The van der Waals surface area contributed by atoms with Crippen molar-refractivity contribution in [3.05, 3.63) is 54.6 Å². The first-order chi connectivity index (χ1) is 17.8. The van der Waals surface area contributed by atoms with Crippen LogP contribution in [-0.4, -0.2) is 80.4 Å². The fourth-order valence-electron chi connectivity index (χ4n) is 6.57. The van der Waals surface area contributed by atoms with E-state index in [0.717, 1.165) is 12.1 Å². The molecule has 1 spiro atoms. The predicted octanol–water partition coefficient (Wildman–Crippen LogP) is 3.10. The number of carbonyl (C=O) groups is 3. The Morgan fingerprint density at radius 1 is 1.03 bits per heavy atom. The molecule has 0 saturated carbocycles. The van der Waals surface area contributed by atoms with E-state index in [1.54, 1.807) is 21.6 Å². The molecule has 37 heavy (non-hydrogen) atoms. The molecular formula is C29H37N3O4S. The van der Waals surface area contributed by atoms with Gasteiger partial charge in [-0.05, 0) is 31.9 Å². The van der Waals surface area contributed by atoms with Gasteiger partial charge in [0, 0.05) is 30.1 Å². The highest BCUT2D eigenvalue weighted by atomic mass is 32.2. The lowest BCUT2D eigenvalue weighted by Gasteiger charge is -2.41. The number of thioether (sulfide) groups is 1. The number of hydrogen-bond donors (Lipinski definition) is 1. The molecule has 4 aliphatic heterocycles. The van der Waals surface area contributed by atoms with Gasteiger partial charge >= 0.3 is 0 Å². The van der Waals surface area contributed by atoms with Crippen molar-refractivity contribution in [1.29, 1.82) is 0 Å². The second-order valence-electron chi connectivity index (χ2n) is 10.9. The van der Waals surface area contributed by atoms with Gasteiger partial charge in [0.15, 0.2) is 0 Å². The topological polar surface area (TPSA) is 81.2 Å². The number of para-hydroxylation sites is 1. The Bertz CT molecular complexity index is 1120. The minimum absolute atomic E-state index is 0.00343. The summed E-state index contributed by atoms with van der Waals surface area (Å²) in [6.45, 7) is 8.69. The molecule has 4 aliphatic rings. The fraction of sp³-hybridized carbons (Fsp3) is 0.552. The Balaban J connectivity index is 1.64. The quantitative estimate of drug-likeness (QED) is 0.580. The highest BCUT2D eigenvalue weighted by Crippen LogP contribution is 2.61. The van der Waals surface area contributed by atoms with E-state index in [9.17, 15) is 19.5 Å². The lowest BCUT2D eigenvalue weighted by atomic mass is 9.78. The van der Waals surface area contributed by atoms with Gasteiger partial charge in [-0.1, -0.05) is 62.8 Å². The maximum absolute atomic E-state index is 14.5.